The maximum Gasteiger partial charge on any atom is 0.296 e. The number of hydrogen-bond acceptors (Lipinski definition) is 3. The Bertz CT molecular complexity index is 545. The molecular formula is C15H21N3O2. The van der Waals surface area contributed by atoms with E-state index in [-0.39, 0.29) is 23.5 Å². The molecule has 0 aliphatic carbocycles. The average Bonchev–Trinajstić information content (AvgIpc) is 2.94. The van der Waals surface area contributed by atoms with E-state index in [4.69, 9.17) is 4.74 Å². The number of carbonyl (C=O) groups is 1. The van der Waals surface area contributed by atoms with Crippen molar-refractivity contribution in [3.05, 3.63) is 18.0 Å². The summed E-state index contributed by atoms with van der Waals surface area (Å²) in [6.45, 7) is 6.56. The maximum absolute atomic E-state index is 11.9. The highest BCUT2D eigenvalue weighted by Crippen LogP contribution is 2.28. The lowest BCUT2D eigenvalue weighted by molar-refractivity contribution is -0.116. The summed E-state index contributed by atoms with van der Waals surface area (Å²) in [4.78, 5) is 11.9. The number of aryl methyl sites for hydroxylation is 1. The normalized spacial score (nSPS) is 22.2. The number of aromatic nitrogens is 2. The molecule has 5 heteroatoms. The lowest BCUT2D eigenvalue weighted by Gasteiger charge is -2.19. The third-order valence-electron chi connectivity index (χ3n) is 3.11. The fraction of sp³-hybridized carbons (Fsp3) is 0.600. The lowest BCUT2D eigenvalue weighted by atomic mass is 9.98. The van der Waals surface area contributed by atoms with E-state index in [9.17, 15) is 4.79 Å². The van der Waals surface area contributed by atoms with Crippen LogP contribution in [0.5, 0.6) is 0 Å². The van der Waals surface area contributed by atoms with E-state index < -0.39 is 0 Å². The molecule has 0 unspecified atom stereocenters. The van der Waals surface area contributed by atoms with Crippen molar-refractivity contribution in [2.75, 3.05) is 6.61 Å². The molecule has 0 spiro atoms. The lowest BCUT2D eigenvalue weighted by Crippen LogP contribution is -2.36. The first-order valence-corrected chi connectivity index (χ1v) is 6.80. The van der Waals surface area contributed by atoms with Gasteiger partial charge in [-0.2, -0.15) is 5.10 Å². The van der Waals surface area contributed by atoms with Gasteiger partial charge >= 0.3 is 0 Å². The number of nitrogens with one attached hydrogen (secondary N) is 1. The summed E-state index contributed by atoms with van der Waals surface area (Å²) in [6, 6.07) is 1.86. The number of carbonyl (C=O) groups excluding carboxylic acids is 1. The number of hydrogen-bond donors (Lipinski definition) is 1. The van der Waals surface area contributed by atoms with Gasteiger partial charge in [-0.15, -0.1) is 0 Å². The zero-order chi connectivity index (χ0) is 14.8. The minimum atomic E-state index is -0.248. The average molecular weight is 275 g/mol. The summed E-state index contributed by atoms with van der Waals surface area (Å²) >= 11 is 0. The highest BCUT2D eigenvalue weighted by molar-refractivity contribution is 5.93. The van der Waals surface area contributed by atoms with E-state index in [1.807, 2.05) is 33.9 Å². The Morgan fingerprint density at radius 1 is 1.55 bits per heavy atom. The van der Waals surface area contributed by atoms with E-state index in [1.165, 1.54) is 0 Å². The molecule has 2 rings (SSSR count). The summed E-state index contributed by atoms with van der Waals surface area (Å²) in [5.41, 5.74) is 0.793. The molecule has 1 aliphatic heterocycles. The summed E-state index contributed by atoms with van der Waals surface area (Å²) in [7, 11) is 1.87. The Labute approximate surface area is 119 Å². The SMILES string of the molecule is Cn1nccc1[C@H]1OCC[C@@H]1NC(=O)C#CC(C)(C)C. The molecular weight excluding hydrogens is 254 g/mol. The van der Waals surface area contributed by atoms with Crippen LogP contribution >= 0.6 is 0 Å². The molecule has 0 bridgehead atoms. The van der Waals surface area contributed by atoms with Crippen molar-refractivity contribution >= 4 is 5.91 Å². The van der Waals surface area contributed by atoms with Gasteiger partial charge in [0.25, 0.3) is 5.91 Å². The van der Waals surface area contributed by atoms with Crippen LogP contribution in [-0.4, -0.2) is 28.3 Å². The maximum atomic E-state index is 11.9. The second-order valence-electron chi connectivity index (χ2n) is 6.04. The van der Waals surface area contributed by atoms with Gasteiger partial charge in [-0.05, 0) is 39.2 Å². The van der Waals surface area contributed by atoms with Gasteiger partial charge in [0.1, 0.15) is 6.10 Å². The van der Waals surface area contributed by atoms with Gasteiger partial charge in [0, 0.05) is 25.3 Å². The molecule has 2 heterocycles. The molecule has 1 aromatic heterocycles. The summed E-state index contributed by atoms with van der Waals surface area (Å²) in [5, 5.41) is 7.08. The van der Waals surface area contributed by atoms with Crippen molar-refractivity contribution < 1.29 is 9.53 Å². The second-order valence-corrected chi connectivity index (χ2v) is 6.04. The van der Waals surface area contributed by atoms with E-state index in [1.54, 1.807) is 10.9 Å². The van der Waals surface area contributed by atoms with Crippen molar-refractivity contribution in [3.8, 4) is 11.8 Å². The molecule has 1 fully saturated rings. The largest absolute Gasteiger partial charge is 0.370 e. The third kappa shape index (κ3) is 3.61. The topological polar surface area (TPSA) is 56.1 Å². The van der Waals surface area contributed by atoms with Gasteiger partial charge in [-0.3, -0.25) is 9.48 Å². The summed E-state index contributed by atoms with van der Waals surface area (Å²) in [6.07, 6.45) is 2.37. The molecule has 1 N–H and O–H groups in total. The van der Waals surface area contributed by atoms with E-state index in [0.717, 1.165) is 12.1 Å². The van der Waals surface area contributed by atoms with Crippen molar-refractivity contribution in [1.29, 1.82) is 0 Å². The van der Waals surface area contributed by atoms with Crippen LogP contribution < -0.4 is 5.32 Å². The van der Waals surface area contributed by atoms with Gasteiger partial charge in [0.15, 0.2) is 0 Å². The minimum absolute atomic E-state index is 0.0489. The van der Waals surface area contributed by atoms with Crippen LogP contribution in [0.25, 0.3) is 0 Å². The molecule has 20 heavy (non-hydrogen) atoms. The minimum Gasteiger partial charge on any atom is -0.370 e. The number of amides is 1. The second kappa shape index (κ2) is 5.68. The van der Waals surface area contributed by atoms with Crippen molar-refractivity contribution in [1.82, 2.24) is 15.1 Å². The van der Waals surface area contributed by atoms with Crippen molar-refractivity contribution in [2.24, 2.45) is 12.5 Å². The molecule has 1 aliphatic rings. The zero-order valence-electron chi connectivity index (χ0n) is 12.4. The summed E-state index contributed by atoms with van der Waals surface area (Å²) < 4.78 is 7.49. The first kappa shape index (κ1) is 14.6. The first-order valence-electron chi connectivity index (χ1n) is 6.80. The van der Waals surface area contributed by atoms with Crippen molar-refractivity contribution in [2.45, 2.75) is 39.3 Å². The molecule has 1 saturated heterocycles. The molecule has 1 amide bonds. The predicted octanol–water partition coefficient (Wildman–Crippen LogP) is 1.42. The van der Waals surface area contributed by atoms with Gasteiger partial charge in [-0.25, -0.2) is 0 Å². The zero-order valence-corrected chi connectivity index (χ0v) is 12.4. The fourth-order valence-corrected chi connectivity index (χ4v) is 2.14. The van der Waals surface area contributed by atoms with Crippen LogP contribution in [0, 0.1) is 17.3 Å². The third-order valence-corrected chi connectivity index (χ3v) is 3.11. The monoisotopic (exact) mass is 275 g/mol. The van der Waals surface area contributed by atoms with Crippen LogP contribution in [0.1, 0.15) is 39.0 Å². The van der Waals surface area contributed by atoms with Crippen LogP contribution in [-0.2, 0) is 16.6 Å². The van der Waals surface area contributed by atoms with Gasteiger partial charge in [0.05, 0.1) is 11.7 Å². The van der Waals surface area contributed by atoms with Gasteiger partial charge < -0.3 is 10.1 Å². The standard InChI is InChI=1S/C15H21N3O2/c1-15(2,3)8-5-13(19)17-11-7-10-20-14(11)12-6-9-16-18(12)4/h6,9,11,14H,7,10H2,1-4H3,(H,17,19)/t11-,14-/m0/s1. The van der Waals surface area contributed by atoms with E-state index >= 15 is 0 Å². The van der Waals surface area contributed by atoms with E-state index in [0.29, 0.717) is 6.61 Å². The highest BCUT2D eigenvalue weighted by atomic mass is 16.5. The Kier molecular flexibility index (Phi) is 4.15. The Morgan fingerprint density at radius 3 is 2.90 bits per heavy atom. The van der Waals surface area contributed by atoms with E-state index in [2.05, 4.69) is 22.3 Å². The fourth-order valence-electron chi connectivity index (χ4n) is 2.14. The molecule has 0 radical (unpaired) electrons. The van der Waals surface area contributed by atoms with Gasteiger partial charge in [0.2, 0.25) is 0 Å². The highest BCUT2D eigenvalue weighted by Gasteiger charge is 2.32. The van der Waals surface area contributed by atoms with Crippen LogP contribution in [0.2, 0.25) is 0 Å². The quantitative estimate of drug-likeness (QED) is 0.830. The molecule has 5 nitrogen and oxygen atoms in total. The number of ether oxygens (including phenoxy) is 1. The van der Waals surface area contributed by atoms with Crippen LogP contribution in [0.4, 0.5) is 0 Å². The molecule has 108 valence electrons. The Morgan fingerprint density at radius 2 is 2.30 bits per heavy atom. The van der Waals surface area contributed by atoms with Crippen LogP contribution in [0.3, 0.4) is 0 Å². The number of rotatable bonds is 2. The molecule has 2 atom stereocenters. The Balaban J connectivity index is 2.03. The number of nitrogens with zero attached hydrogens (tertiary/aromatic N) is 2. The van der Waals surface area contributed by atoms with Crippen molar-refractivity contribution in [3.63, 3.8) is 0 Å². The smallest absolute Gasteiger partial charge is 0.296 e. The predicted molar refractivity (Wildman–Crippen MR) is 75.7 cm³/mol. The van der Waals surface area contributed by atoms with Crippen LogP contribution in [0.15, 0.2) is 12.3 Å². The molecule has 1 aromatic rings. The molecule has 0 saturated carbocycles. The first-order chi connectivity index (χ1) is 9.37. The molecule has 0 aromatic carbocycles. The Hall–Kier alpha value is -1.80. The van der Waals surface area contributed by atoms with Gasteiger partial charge in [-0.1, -0.05) is 5.92 Å². The summed E-state index contributed by atoms with van der Waals surface area (Å²) in [5.74, 6) is 5.34.